The van der Waals surface area contributed by atoms with Gasteiger partial charge in [-0.05, 0) is 42.8 Å². The first-order valence-electron chi connectivity index (χ1n) is 5.68. The number of alkyl halides is 3. The Morgan fingerprint density at radius 2 is 1.95 bits per heavy atom. The summed E-state index contributed by atoms with van der Waals surface area (Å²) in [6.45, 7) is 1.45. The summed E-state index contributed by atoms with van der Waals surface area (Å²) in [6.07, 6.45) is -1.82. The lowest BCUT2D eigenvalue weighted by molar-refractivity contribution is -0.274. The number of aromatic nitrogens is 1. The van der Waals surface area contributed by atoms with Crippen LogP contribution in [0.4, 0.5) is 13.2 Å². The zero-order valence-electron chi connectivity index (χ0n) is 10.4. The highest BCUT2D eigenvalue weighted by Crippen LogP contribution is 2.27. The van der Waals surface area contributed by atoms with Gasteiger partial charge >= 0.3 is 6.36 Å². The zero-order chi connectivity index (χ0) is 14.8. The Balaban J connectivity index is 2.28. The first-order chi connectivity index (χ1) is 9.37. The summed E-state index contributed by atoms with van der Waals surface area (Å²) in [6, 6.07) is 6.98. The van der Waals surface area contributed by atoms with Crippen LogP contribution in [0, 0.1) is 6.92 Å². The van der Waals surface area contributed by atoms with Gasteiger partial charge in [0.05, 0.1) is 0 Å². The van der Waals surface area contributed by atoms with E-state index in [9.17, 15) is 18.0 Å². The Hall–Kier alpha value is -2.37. The van der Waals surface area contributed by atoms with Gasteiger partial charge in [0.1, 0.15) is 5.75 Å². The number of hydrogen-bond acceptors (Lipinski definition) is 3. The van der Waals surface area contributed by atoms with Gasteiger partial charge in [-0.1, -0.05) is 0 Å². The molecule has 0 atom stereocenters. The van der Waals surface area contributed by atoms with Crippen LogP contribution in [0.25, 0.3) is 0 Å². The van der Waals surface area contributed by atoms with Crippen LogP contribution in [0.15, 0.2) is 42.7 Å². The van der Waals surface area contributed by atoms with Crippen LogP contribution >= 0.6 is 0 Å². The van der Waals surface area contributed by atoms with E-state index in [1.54, 1.807) is 12.1 Å². The standard InChI is InChI=1S/C14H10F3NO2/c1-9-7-10(4-5-12(9)20-14(15,16)17)13(19)11-3-2-6-18-8-11/h2-8H,1H3. The molecule has 104 valence electrons. The molecule has 2 rings (SSSR count). The van der Waals surface area contributed by atoms with E-state index in [2.05, 4.69) is 9.72 Å². The Bertz CT molecular complexity index is 624. The first-order valence-corrected chi connectivity index (χ1v) is 5.68. The third-order valence-electron chi connectivity index (χ3n) is 2.59. The molecule has 0 bridgehead atoms. The second kappa shape index (κ2) is 5.32. The Kier molecular flexibility index (Phi) is 3.74. The predicted molar refractivity (Wildman–Crippen MR) is 65.5 cm³/mol. The number of halogens is 3. The number of carbonyl (C=O) groups is 1. The van der Waals surface area contributed by atoms with Crippen LogP contribution in [-0.4, -0.2) is 17.1 Å². The summed E-state index contributed by atoms with van der Waals surface area (Å²) in [5, 5.41) is 0. The van der Waals surface area contributed by atoms with E-state index in [4.69, 9.17) is 0 Å². The molecule has 0 fully saturated rings. The highest BCUT2D eigenvalue weighted by Gasteiger charge is 2.31. The molecule has 0 saturated heterocycles. The van der Waals surface area contributed by atoms with Crippen LogP contribution in [0.1, 0.15) is 21.5 Å². The minimum absolute atomic E-state index is 0.233. The molecule has 0 N–H and O–H groups in total. The Morgan fingerprint density at radius 3 is 2.50 bits per heavy atom. The van der Waals surface area contributed by atoms with E-state index in [0.29, 0.717) is 5.56 Å². The number of ether oxygens (including phenoxy) is 1. The van der Waals surface area contributed by atoms with Crippen LogP contribution in [-0.2, 0) is 0 Å². The van der Waals surface area contributed by atoms with Crippen molar-refractivity contribution < 1.29 is 22.7 Å². The molecule has 6 heteroatoms. The fourth-order valence-electron chi connectivity index (χ4n) is 1.69. The van der Waals surface area contributed by atoms with Crippen LogP contribution in [0.3, 0.4) is 0 Å². The van der Waals surface area contributed by atoms with Gasteiger partial charge in [0.2, 0.25) is 0 Å². The van der Waals surface area contributed by atoms with Gasteiger partial charge < -0.3 is 4.74 Å². The number of aryl methyl sites for hydroxylation is 1. The monoisotopic (exact) mass is 281 g/mol. The number of benzene rings is 1. The number of pyridine rings is 1. The van der Waals surface area contributed by atoms with Gasteiger partial charge in [0.25, 0.3) is 0 Å². The molecule has 20 heavy (non-hydrogen) atoms. The van der Waals surface area contributed by atoms with E-state index < -0.39 is 6.36 Å². The van der Waals surface area contributed by atoms with Crippen LogP contribution in [0.5, 0.6) is 5.75 Å². The fraction of sp³-hybridized carbons (Fsp3) is 0.143. The maximum absolute atomic E-state index is 12.1. The summed E-state index contributed by atoms with van der Waals surface area (Å²) >= 11 is 0. The smallest absolute Gasteiger partial charge is 0.406 e. The molecule has 2 aromatic rings. The second-order valence-electron chi connectivity index (χ2n) is 4.10. The molecule has 0 aliphatic heterocycles. The lowest BCUT2D eigenvalue weighted by atomic mass is 10.0. The topological polar surface area (TPSA) is 39.2 Å². The minimum atomic E-state index is -4.75. The number of carbonyl (C=O) groups excluding carboxylic acids is 1. The van der Waals surface area contributed by atoms with Gasteiger partial charge in [-0.2, -0.15) is 0 Å². The SMILES string of the molecule is Cc1cc(C(=O)c2cccnc2)ccc1OC(F)(F)F. The summed E-state index contributed by atoms with van der Waals surface area (Å²) in [5.74, 6) is -0.625. The van der Waals surface area contributed by atoms with Crippen LogP contribution in [0.2, 0.25) is 0 Å². The number of nitrogens with zero attached hydrogens (tertiary/aromatic N) is 1. The van der Waals surface area contributed by atoms with Crippen molar-refractivity contribution in [2.75, 3.05) is 0 Å². The lowest BCUT2D eigenvalue weighted by Gasteiger charge is -2.12. The maximum Gasteiger partial charge on any atom is 0.573 e. The molecule has 0 aliphatic carbocycles. The molecule has 0 radical (unpaired) electrons. The van der Waals surface area contributed by atoms with Gasteiger partial charge in [0, 0.05) is 23.5 Å². The Morgan fingerprint density at radius 1 is 1.20 bits per heavy atom. The van der Waals surface area contributed by atoms with Crippen molar-refractivity contribution in [3.8, 4) is 5.75 Å². The van der Waals surface area contributed by atoms with Gasteiger partial charge in [-0.25, -0.2) is 0 Å². The predicted octanol–water partition coefficient (Wildman–Crippen LogP) is 3.52. The van der Waals surface area contributed by atoms with Crippen molar-refractivity contribution in [2.45, 2.75) is 13.3 Å². The summed E-state index contributed by atoms with van der Waals surface area (Å²) < 4.78 is 40.3. The van der Waals surface area contributed by atoms with E-state index in [-0.39, 0.29) is 22.7 Å². The first kappa shape index (κ1) is 14.0. The normalized spacial score (nSPS) is 11.2. The quantitative estimate of drug-likeness (QED) is 0.808. The molecule has 0 amide bonds. The van der Waals surface area contributed by atoms with Crippen molar-refractivity contribution >= 4 is 5.78 Å². The van der Waals surface area contributed by atoms with Crippen molar-refractivity contribution in [3.05, 3.63) is 59.4 Å². The van der Waals surface area contributed by atoms with E-state index in [1.165, 1.54) is 31.5 Å². The summed E-state index contributed by atoms with van der Waals surface area (Å²) in [7, 11) is 0. The molecule has 0 saturated carbocycles. The highest BCUT2D eigenvalue weighted by molar-refractivity contribution is 6.08. The zero-order valence-corrected chi connectivity index (χ0v) is 10.4. The second-order valence-corrected chi connectivity index (χ2v) is 4.10. The fourth-order valence-corrected chi connectivity index (χ4v) is 1.69. The molecule has 1 aromatic heterocycles. The molecule has 1 aromatic carbocycles. The van der Waals surface area contributed by atoms with E-state index in [0.717, 1.165) is 6.07 Å². The number of rotatable bonds is 3. The average molecular weight is 281 g/mol. The van der Waals surface area contributed by atoms with Gasteiger partial charge in [0.15, 0.2) is 5.78 Å². The van der Waals surface area contributed by atoms with Crippen molar-refractivity contribution in [3.63, 3.8) is 0 Å². The molecule has 0 unspecified atom stereocenters. The molecular formula is C14H10F3NO2. The number of hydrogen-bond donors (Lipinski definition) is 0. The van der Waals surface area contributed by atoms with E-state index in [1.807, 2.05) is 0 Å². The highest BCUT2D eigenvalue weighted by atomic mass is 19.4. The van der Waals surface area contributed by atoms with Crippen LogP contribution < -0.4 is 4.74 Å². The third-order valence-corrected chi connectivity index (χ3v) is 2.59. The molecular weight excluding hydrogens is 271 g/mol. The van der Waals surface area contributed by atoms with E-state index >= 15 is 0 Å². The van der Waals surface area contributed by atoms with Crippen molar-refractivity contribution in [1.82, 2.24) is 4.98 Å². The van der Waals surface area contributed by atoms with Gasteiger partial charge in [-0.3, -0.25) is 9.78 Å². The molecule has 0 spiro atoms. The molecule has 0 aliphatic rings. The summed E-state index contributed by atoms with van der Waals surface area (Å²) in [4.78, 5) is 15.9. The molecule has 1 heterocycles. The lowest BCUT2D eigenvalue weighted by Crippen LogP contribution is -2.18. The maximum atomic E-state index is 12.1. The number of ketones is 1. The summed E-state index contributed by atoms with van der Waals surface area (Å²) in [5.41, 5.74) is 0.887. The average Bonchev–Trinajstić information content (AvgIpc) is 2.40. The van der Waals surface area contributed by atoms with Crippen molar-refractivity contribution in [2.24, 2.45) is 0 Å². The van der Waals surface area contributed by atoms with Crippen molar-refractivity contribution in [1.29, 1.82) is 0 Å². The largest absolute Gasteiger partial charge is 0.573 e. The Labute approximate surface area is 113 Å². The van der Waals surface area contributed by atoms with Gasteiger partial charge in [-0.15, -0.1) is 13.2 Å². The molecule has 3 nitrogen and oxygen atoms in total. The third kappa shape index (κ3) is 3.34. The minimum Gasteiger partial charge on any atom is -0.406 e.